The lowest BCUT2D eigenvalue weighted by Crippen LogP contribution is -2.27. The highest BCUT2D eigenvalue weighted by Gasteiger charge is 2.01. The first-order chi connectivity index (χ1) is 7.34. The summed E-state index contributed by atoms with van der Waals surface area (Å²) in [6, 6.07) is 3.70. The molecule has 0 radical (unpaired) electrons. The molecule has 0 saturated heterocycles. The molecule has 0 saturated carbocycles. The Labute approximate surface area is 90.5 Å². The number of hydrogen-bond donors (Lipinski definition) is 3. The zero-order valence-electron chi connectivity index (χ0n) is 7.86. The van der Waals surface area contributed by atoms with Crippen LogP contribution in [0.1, 0.15) is 4.88 Å². The Morgan fingerprint density at radius 2 is 2.53 bits per heavy atom. The lowest BCUT2D eigenvalue weighted by molar-refractivity contribution is 0.252. The third-order valence-corrected chi connectivity index (χ3v) is 2.64. The van der Waals surface area contributed by atoms with Gasteiger partial charge in [-0.05, 0) is 11.4 Å². The van der Waals surface area contributed by atoms with Crippen LogP contribution in [0, 0.1) is 0 Å². The minimum atomic E-state index is -0.232. The molecule has 0 unspecified atom stereocenters. The number of aromatic amines is 1. The van der Waals surface area contributed by atoms with Crippen molar-refractivity contribution in [2.45, 2.75) is 6.54 Å². The largest absolute Gasteiger partial charge is 0.333 e. The molecule has 0 aliphatic carbocycles. The van der Waals surface area contributed by atoms with Gasteiger partial charge >= 0.3 is 6.03 Å². The SMILES string of the molecule is O=C(NCc1cccs1)Nc1cn[nH]c1. The van der Waals surface area contributed by atoms with Crippen LogP contribution >= 0.6 is 11.3 Å². The normalized spacial score (nSPS) is 9.87. The van der Waals surface area contributed by atoms with Crippen LogP contribution in [0.5, 0.6) is 0 Å². The number of aromatic nitrogens is 2. The van der Waals surface area contributed by atoms with E-state index in [1.807, 2.05) is 17.5 Å². The molecule has 0 atom stereocenters. The number of rotatable bonds is 3. The molecule has 2 aromatic heterocycles. The van der Waals surface area contributed by atoms with Crippen molar-refractivity contribution in [3.63, 3.8) is 0 Å². The van der Waals surface area contributed by atoms with E-state index in [2.05, 4.69) is 20.8 Å². The van der Waals surface area contributed by atoms with Crippen LogP contribution in [0.2, 0.25) is 0 Å². The smallest absolute Gasteiger partial charge is 0.319 e. The number of nitrogens with zero attached hydrogens (tertiary/aromatic N) is 1. The lowest BCUT2D eigenvalue weighted by atomic mass is 10.5. The van der Waals surface area contributed by atoms with Crippen molar-refractivity contribution in [2.24, 2.45) is 0 Å². The van der Waals surface area contributed by atoms with Gasteiger partial charge in [0, 0.05) is 11.1 Å². The summed E-state index contributed by atoms with van der Waals surface area (Å²) >= 11 is 1.61. The van der Waals surface area contributed by atoms with Gasteiger partial charge < -0.3 is 10.6 Å². The minimum absolute atomic E-state index is 0.232. The van der Waals surface area contributed by atoms with Gasteiger partial charge in [0.15, 0.2) is 0 Å². The molecule has 2 rings (SSSR count). The number of amides is 2. The van der Waals surface area contributed by atoms with Crippen LogP contribution in [0.25, 0.3) is 0 Å². The van der Waals surface area contributed by atoms with Crippen molar-refractivity contribution < 1.29 is 4.79 Å². The van der Waals surface area contributed by atoms with Crippen molar-refractivity contribution in [2.75, 3.05) is 5.32 Å². The summed E-state index contributed by atoms with van der Waals surface area (Å²) in [5.74, 6) is 0. The average molecular weight is 222 g/mol. The van der Waals surface area contributed by atoms with Gasteiger partial charge in [0.25, 0.3) is 0 Å². The lowest BCUT2D eigenvalue weighted by Gasteiger charge is -2.03. The Bertz CT molecular complexity index is 409. The summed E-state index contributed by atoms with van der Waals surface area (Å²) in [5, 5.41) is 13.7. The molecule has 0 fully saturated rings. The Morgan fingerprint density at radius 3 is 3.20 bits per heavy atom. The van der Waals surface area contributed by atoms with E-state index in [1.165, 1.54) is 0 Å². The second-order valence-electron chi connectivity index (χ2n) is 2.87. The fraction of sp³-hybridized carbons (Fsp3) is 0.111. The quantitative estimate of drug-likeness (QED) is 0.741. The van der Waals surface area contributed by atoms with Gasteiger partial charge in [0.05, 0.1) is 18.4 Å². The first-order valence-corrected chi connectivity index (χ1v) is 5.28. The second kappa shape index (κ2) is 4.61. The van der Waals surface area contributed by atoms with E-state index in [1.54, 1.807) is 23.7 Å². The summed E-state index contributed by atoms with van der Waals surface area (Å²) in [6.07, 6.45) is 3.16. The summed E-state index contributed by atoms with van der Waals surface area (Å²) in [7, 11) is 0. The van der Waals surface area contributed by atoms with Crippen LogP contribution in [0.3, 0.4) is 0 Å². The highest BCUT2D eigenvalue weighted by atomic mass is 32.1. The predicted octanol–water partition coefficient (Wildman–Crippen LogP) is 1.79. The molecule has 0 bridgehead atoms. The highest BCUT2D eigenvalue weighted by Crippen LogP contribution is 2.07. The van der Waals surface area contributed by atoms with E-state index in [-0.39, 0.29) is 6.03 Å². The van der Waals surface area contributed by atoms with Gasteiger partial charge in [-0.25, -0.2) is 4.79 Å². The molecule has 0 aliphatic rings. The zero-order valence-corrected chi connectivity index (χ0v) is 8.67. The molecule has 0 spiro atoms. The number of nitrogens with one attached hydrogen (secondary N) is 3. The highest BCUT2D eigenvalue weighted by molar-refractivity contribution is 7.09. The summed E-state index contributed by atoms with van der Waals surface area (Å²) < 4.78 is 0. The van der Waals surface area contributed by atoms with Gasteiger partial charge in [-0.1, -0.05) is 6.07 Å². The Morgan fingerprint density at radius 1 is 1.60 bits per heavy atom. The van der Waals surface area contributed by atoms with Crippen molar-refractivity contribution in [1.82, 2.24) is 15.5 Å². The van der Waals surface area contributed by atoms with Crippen LogP contribution in [-0.2, 0) is 6.54 Å². The molecule has 5 nitrogen and oxygen atoms in total. The molecule has 2 aromatic rings. The monoisotopic (exact) mass is 222 g/mol. The molecule has 6 heteroatoms. The fourth-order valence-electron chi connectivity index (χ4n) is 1.08. The third kappa shape index (κ3) is 2.81. The first-order valence-electron chi connectivity index (χ1n) is 4.40. The van der Waals surface area contributed by atoms with E-state index in [0.717, 1.165) is 4.88 Å². The van der Waals surface area contributed by atoms with E-state index in [9.17, 15) is 4.79 Å². The topological polar surface area (TPSA) is 69.8 Å². The maximum Gasteiger partial charge on any atom is 0.319 e. The number of carbonyl (C=O) groups excluding carboxylic acids is 1. The number of carbonyl (C=O) groups is 1. The van der Waals surface area contributed by atoms with Gasteiger partial charge in [-0.3, -0.25) is 5.10 Å². The number of hydrogen-bond acceptors (Lipinski definition) is 3. The summed E-state index contributed by atoms with van der Waals surface area (Å²) in [5.41, 5.74) is 0.652. The fourth-order valence-corrected chi connectivity index (χ4v) is 1.72. The molecule has 78 valence electrons. The first kappa shape index (κ1) is 9.72. The molecule has 2 amide bonds. The maximum atomic E-state index is 11.3. The van der Waals surface area contributed by atoms with Crippen LogP contribution in [-0.4, -0.2) is 16.2 Å². The van der Waals surface area contributed by atoms with Crippen molar-refractivity contribution in [1.29, 1.82) is 0 Å². The van der Waals surface area contributed by atoms with Crippen LogP contribution in [0.15, 0.2) is 29.9 Å². The van der Waals surface area contributed by atoms with Crippen molar-refractivity contribution in [3.8, 4) is 0 Å². The maximum absolute atomic E-state index is 11.3. The number of urea groups is 1. The summed E-state index contributed by atoms with van der Waals surface area (Å²) in [6.45, 7) is 0.543. The molecule has 2 heterocycles. The summed E-state index contributed by atoms with van der Waals surface area (Å²) in [4.78, 5) is 12.5. The Kier molecular flexibility index (Phi) is 2.99. The molecule has 0 aliphatic heterocycles. The number of H-pyrrole nitrogens is 1. The van der Waals surface area contributed by atoms with E-state index in [4.69, 9.17) is 0 Å². The van der Waals surface area contributed by atoms with E-state index < -0.39 is 0 Å². The molecule has 3 N–H and O–H groups in total. The minimum Gasteiger partial charge on any atom is -0.333 e. The number of anilines is 1. The Hall–Kier alpha value is -1.82. The Balaban J connectivity index is 1.78. The molecular weight excluding hydrogens is 212 g/mol. The van der Waals surface area contributed by atoms with Crippen molar-refractivity contribution >= 4 is 23.1 Å². The molecule has 0 aromatic carbocycles. The average Bonchev–Trinajstić information content (AvgIpc) is 2.86. The van der Waals surface area contributed by atoms with Crippen molar-refractivity contribution in [3.05, 3.63) is 34.8 Å². The molecule has 15 heavy (non-hydrogen) atoms. The zero-order chi connectivity index (χ0) is 10.5. The van der Waals surface area contributed by atoms with Gasteiger partial charge in [-0.2, -0.15) is 5.10 Å². The number of thiophene rings is 1. The van der Waals surface area contributed by atoms with Crippen LogP contribution < -0.4 is 10.6 Å². The van der Waals surface area contributed by atoms with E-state index in [0.29, 0.717) is 12.2 Å². The standard InChI is InChI=1S/C9H10N4OS/c14-9(13-7-4-11-12-5-7)10-6-8-2-1-3-15-8/h1-5H,6H2,(H,11,12)(H2,10,13,14). The second-order valence-corrected chi connectivity index (χ2v) is 3.91. The van der Waals surface area contributed by atoms with Gasteiger partial charge in [0.1, 0.15) is 0 Å². The van der Waals surface area contributed by atoms with Gasteiger partial charge in [0.2, 0.25) is 0 Å². The van der Waals surface area contributed by atoms with Crippen LogP contribution in [0.4, 0.5) is 10.5 Å². The third-order valence-electron chi connectivity index (χ3n) is 1.76. The van der Waals surface area contributed by atoms with E-state index >= 15 is 0 Å². The molecular formula is C9H10N4OS. The van der Waals surface area contributed by atoms with Gasteiger partial charge in [-0.15, -0.1) is 11.3 Å². The predicted molar refractivity (Wildman–Crippen MR) is 58.8 cm³/mol.